The van der Waals surface area contributed by atoms with Gasteiger partial charge in [0.15, 0.2) is 12.4 Å². The molecule has 7 nitrogen and oxygen atoms in total. The molecule has 1 heterocycles. The first-order chi connectivity index (χ1) is 13.9. The van der Waals surface area contributed by atoms with Gasteiger partial charge in [0.25, 0.3) is 11.8 Å². The van der Waals surface area contributed by atoms with Gasteiger partial charge in [-0.3, -0.25) is 9.59 Å². The van der Waals surface area contributed by atoms with E-state index in [2.05, 4.69) is 10.6 Å². The summed E-state index contributed by atoms with van der Waals surface area (Å²) in [7, 11) is 3.93. The Hall–Kier alpha value is -3.74. The van der Waals surface area contributed by atoms with Crippen molar-refractivity contribution >= 4 is 28.9 Å². The normalized spacial score (nSPS) is 10.3. The van der Waals surface area contributed by atoms with Gasteiger partial charge in [-0.15, -0.1) is 0 Å². The van der Waals surface area contributed by atoms with Crippen LogP contribution in [-0.2, 0) is 4.79 Å². The average molecular weight is 393 g/mol. The van der Waals surface area contributed by atoms with Crippen LogP contribution >= 0.6 is 0 Å². The van der Waals surface area contributed by atoms with E-state index >= 15 is 0 Å². The summed E-state index contributed by atoms with van der Waals surface area (Å²) in [6.07, 6.45) is 1.43. The van der Waals surface area contributed by atoms with Gasteiger partial charge in [0.2, 0.25) is 0 Å². The molecule has 0 atom stereocenters. The zero-order valence-electron chi connectivity index (χ0n) is 16.6. The number of rotatable bonds is 7. The Kier molecular flexibility index (Phi) is 6.19. The molecule has 0 fully saturated rings. The smallest absolute Gasteiger partial charge is 0.291 e. The van der Waals surface area contributed by atoms with Crippen molar-refractivity contribution < 1.29 is 18.7 Å². The molecule has 3 rings (SSSR count). The molecule has 0 saturated heterocycles. The average Bonchev–Trinajstić information content (AvgIpc) is 3.23. The number of carbonyl (C=O) groups excluding carboxylic acids is 2. The van der Waals surface area contributed by atoms with Gasteiger partial charge < -0.3 is 24.7 Å². The van der Waals surface area contributed by atoms with Crippen molar-refractivity contribution in [1.82, 2.24) is 0 Å². The molecule has 2 N–H and O–H groups in total. The molecule has 0 aliphatic heterocycles. The molecule has 150 valence electrons. The van der Waals surface area contributed by atoms with Crippen LogP contribution in [0, 0.1) is 6.92 Å². The zero-order chi connectivity index (χ0) is 20.8. The van der Waals surface area contributed by atoms with E-state index in [9.17, 15) is 9.59 Å². The minimum absolute atomic E-state index is 0.148. The molecule has 7 heteroatoms. The first kappa shape index (κ1) is 20.0. The van der Waals surface area contributed by atoms with Crippen LogP contribution in [0.2, 0.25) is 0 Å². The topological polar surface area (TPSA) is 83.8 Å². The number of nitrogens with zero attached hydrogens (tertiary/aromatic N) is 1. The maximum absolute atomic E-state index is 12.2. The Morgan fingerprint density at radius 2 is 1.86 bits per heavy atom. The Labute approximate surface area is 169 Å². The fourth-order valence-corrected chi connectivity index (χ4v) is 2.67. The largest absolute Gasteiger partial charge is 0.484 e. The zero-order valence-corrected chi connectivity index (χ0v) is 16.6. The molecule has 29 heavy (non-hydrogen) atoms. The van der Waals surface area contributed by atoms with E-state index in [0.29, 0.717) is 11.4 Å². The first-order valence-corrected chi connectivity index (χ1v) is 9.08. The number of hydrogen-bond acceptors (Lipinski definition) is 5. The minimum Gasteiger partial charge on any atom is -0.484 e. The summed E-state index contributed by atoms with van der Waals surface area (Å²) in [6.45, 7) is 1.79. The Morgan fingerprint density at radius 3 is 2.55 bits per heavy atom. The molecule has 0 unspecified atom stereocenters. The second-order valence-corrected chi connectivity index (χ2v) is 6.69. The van der Waals surface area contributed by atoms with Crippen molar-refractivity contribution in [3.63, 3.8) is 0 Å². The van der Waals surface area contributed by atoms with Gasteiger partial charge in [-0.25, -0.2) is 0 Å². The quantitative estimate of drug-likeness (QED) is 0.636. The van der Waals surface area contributed by atoms with Crippen LogP contribution < -0.4 is 20.3 Å². The number of aryl methyl sites for hydroxylation is 1. The molecule has 3 aromatic rings. The molecular weight excluding hydrogens is 370 g/mol. The van der Waals surface area contributed by atoms with Crippen LogP contribution in [0.25, 0.3) is 0 Å². The van der Waals surface area contributed by atoms with Crippen molar-refractivity contribution in [3.05, 3.63) is 72.2 Å². The highest BCUT2D eigenvalue weighted by molar-refractivity contribution is 6.02. The van der Waals surface area contributed by atoms with Crippen LogP contribution in [0.3, 0.4) is 0 Å². The molecule has 2 aromatic carbocycles. The highest BCUT2D eigenvalue weighted by Gasteiger charge is 2.10. The van der Waals surface area contributed by atoms with Crippen LogP contribution in [0.1, 0.15) is 16.1 Å². The fourth-order valence-electron chi connectivity index (χ4n) is 2.67. The summed E-state index contributed by atoms with van der Waals surface area (Å²) >= 11 is 0. The number of ether oxygens (including phenoxy) is 1. The van der Waals surface area contributed by atoms with Crippen molar-refractivity contribution in [2.75, 3.05) is 36.2 Å². The monoisotopic (exact) mass is 393 g/mol. The summed E-state index contributed by atoms with van der Waals surface area (Å²) in [6, 6.07) is 15.8. The van der Waals surface area contributed by atoms with Crippen LogP contribution in [0.4, 0.5) is 17.1 Å². The fraction of sp³-hybridized carbons (Fsp3) is 0.182. The number of nitrogens with one attached hydrogen (secondary N) is 2. The highest BCUT2D eigenvalue weighted by Crippen LogP contribution is 2.22. The van der Waals surface area contributed by atoms with Crippen molar-refractivity contribution in [2.45, 2.75) is 6.92 Å². The summed E-state index contributed by atoms with van der Waals surface area (Å²) in [5.41, 5.74) is 3.31. The lowest BCUT2D eigenvalue weighted by Gasteiger charge is -2.15. The second kappa shape index (κ2) is 8.97. The van der Waals surface area contributed by atoms with E-state index in [1.165, 1.54) is 6.26 Å². The van der Waals surface area contributed by atoms with Gasteiger partial charge in [0.05, 0.1) is 6.26 Å². The second-order valence-electron chi connectivity index (χ2n) is 6.69. The molecule has 0 saturated carbocycles. The maximum atomic E-state index is 12.2. The van der Waals surface area contributed by atoms with Gasteiger partial charge in [0, 0.05) is 37.2 Å². The molecule has 0 aliphatic rings. The number of carbonyl (C=O) groups is 2. The molecular formula is C22H23N3O4. The van der Waals surface area contributed by atoms with E-state index in [0.717, 1.165) is 16.9 Å². The summed E-state index contributed by atoms with van der Waals surface area (Å²) in [5.74, 6) is 0.0562. The first-order valence-electron chi connectivity index (χ1n) is 9.08. The summed E-state index contributed by atoms with van der Waals surface area (Å²) < 4.78 is 10.6. The predicted molar refractivity (Wildman–Crippen MR) is 113 cm³/mol. The molecule has 0 aliphatic carbocycles. The minimum atomic E-state index is -0.360. The van der Waals surface area contributed by atoms with E-state index < -0.39 is 0 Å². The predicted octanol–water partition coefficient (Wildman–Crippen LogP) is 3.92. The third-order valence-corrected chi connectivity index (χ3v) is 4.21. The number of amides is 2. The van der Waals surface area contributed by atoms with E-state index in [4.69, 9.17) is 9.15 Å². The van der Waals surface area contributed by atoms with Crippen molar-refractivity contribution in [3.8, 4) is 5.75 Å². The summed E-state index contributed by atoms with van der Waals surface area (Å²) in [5, 5.41) is 5.56. The van der Waals surface area contributed by atoms with Gasteiger partial charge in [0.1, 0.15) is 5.75 Å². The summed E-state index contributed by atoms with van der Waals surface area (Å²) in [4.78, 5) is 26.3. The van der Waals surface area contributed by atoms with E-state index in [1.54, 1.807) is 36.4 Å². The standard InChI is InChI=1S/C22H23N3O4/c1-15-12-17(25(2)3)9-10-19(15)24-21(26)14-29-18-7-4-6-16(13-18)23-22(27)20-8-5-11-28-20/h4-13H,14H2,1-3H3,(H,23,27)(H,24,26). The number of furan rings is 1. The van der Waals surface area contributed by atoms with E-state index in [-0.39, 0.29) is 24.2 Å². The molecule has 1 aromatic heterocycles. The third kappa shape index (κ3) is 5.38. The third-order valence-electron chi connectivity index (χ3n) is 4.21. The van der Waals surface area contributed by atoms with Crippen molar-refractivity contribution in [2.24, 2.45) is 0 Å². The lowest BCUT2D eigenvalue weighted by molar-refractivity contribution is -0.118. The number of anilines is 3. The molecule has 0 spiro atoms. The van der Waals surface area contributed by atoms with E-state index in [1.807, 2.05) is 44.1 Å². The Bertz CT molecular complexity index is 997. The molecule has 2 amide bonds. The maximum Gasteiger partial charge on any atom is 0.291 e. The van der Waals surface area contributed by atoms with Gasteiger partial charge in [-0.1, -0.05) is 6.07 Å². The highest BCUT2D eigenvalue weighted by atomic mass is 16.5. The van der Waals surface area contributed by atoms with Gasteiger partial charge in [-0.05, 0) is 55.0 Å². The SMILES string of the molecule is Cc1cc(N(C)C)ccc1NC(=O)COc1cccc(NC(=O)c2ccco2)c1. The van der Waals surface area contributed by atoms with Gasteiger partial charge in [-0.2, -0.15) is 0 Å². The van der Waals surface area contributed by atoms with Crippen LogP contribution in [0.15, 0.2) is 65.3 Å². The molecule has 0 radical (unpaired) electrons. The van der Waals surface area contributed by atoms with Crippen LogP contribution in [0.5, 0.6) is 5.75 Å². The van der Waals surface area contributed by atoms with Crippen LogP contribution in [-0.4, -0.2) is 32.5 Å². The Morgan fingerprint density at radius 1 is 1.03 bits per heavy atom. The lowest BCUT2D eigenvalue weighted by Crippen LogP contribution is -2.21. The number of hydrogen-bond donors (Lipinski definition) is 2. The molecule has 0 bridgehead atoms. The lowest BCUT2D eigenvalue weighted by atomic mass is 10.1. The Balaban J connectivity index is 1.56. The van der Waals surface area contributed by atoms with Gasteiger partial charge >= 0.3 is 0 Å². The van der Waals surface area contributed by atoms with Crippen molar-refractivity contribution in [1.29, 1.82) is 0 Å². The number of benzene rings is 2.